The number of fused-ring (bicyclic) bond motifs is 1. The van der Waals surface area contributed by atoms with Crippen LogP contribution in [0, 0.1) is 6.92 Å². The number of amides is 1. The summed E-state index contributed by atoms with van der Waals surface area (Å²) in [5.74, 6) is 1.44. The van der Waals surface area contributed by atoms with Crippen molar-refractivity contribution in [3.63, 3.8) is 0 Å². The van der Waals surface area contributed by atoms with Gasteiger partial charge in [0, 0.05) is 30.1 Å². The summed E-state index contributed by atoms with van der Waals surface area (Å²) >= 11 is 0. The highest BCUT2D eigenvalue weighted by atomic mass is 16.5. The van der Waals surface area contributed by atoms with Crippen LogP contribution in [0.1, 0.15) is 36.8 Å². The molecule has 1 amide bonds. The fourth-order valence-corrected chi connectivity index (χ4v) is 4.59. The summed E-state index contributed by atoms with van der Waals surface area (Å²) in [5, 5.41) is 1.07. The van der Waals surface area contributed by atoms with Crippen LogP contribution in [0.25, 0.3) is 22.2 Å². The molecule has 6 nitrogen and oxygen atoms in total. The molecular weight excluding hydrogens is 416 g/mol. The van der Waals surface area contributed by atoms with Crippen LogP contribution in [0.15, 0.2) is 42.5 Å². The quantitative estimate of drug-likeness (QED) is 0.517. The molecule has 2 fully saturated rings. The Kier molecular flexibility index (Phi) is 5.94. The van der Waals surface area contributed by atoms with Crippen LogP contribution in [0.2, 0.25) is 0 Å². The average molecular weight is 447 g/mol. The van der Waals surface area contributed by atoms with E-state index < -0.39 is 0 Å². The summed E-state index contributed by atoms with van der Waals surface area (Å²) < 4.78 is 16.7. The third kappa shape index (κ3) is 4.40. The number of benzene rings is 2. The normalized spacial score (nSPS) is 17.8. The van der Waals surface area contributed by atoms with E-state index >= 15 is 0 Å². The maximum atomic E-state index is 13.3. The first-order valence-electron chi connectivity index (χ1n) is 11.6. The van der Waals surface area contributed by atoms with Crippen LogP contribution >= 0.6 is 0 Å². The van der Waals surface area contributed by atoms with Gasteiger partial charge in [-0.15, -0.1) is 0 Å². The molecule has 0 radical (unpaired) electrons. The minimum atomic E-state index is -0.314. The Balaban J connectivity index is 1.59. The molecule has 1 aromatic heterocycles. The summed E-state index contributed by atoms with van der Waals surface area (Å²) in [4.78, 5) is 20.4. The summed E-state index contributed by atoms with van der Waals surface area (Å²) in [6.45, 7) is 3.26. The molecule has 0 N–H and O–H groups in total. The van der Waals surface area contributed by atoms with Crippen molar-refractivity contribution in [2.45, 2.75) is 51.3 Å². The topological polar surface area (TPSA) is 60.9 Å². The zero-order chi connectivity index (χ0) is 22.9. The first kappa shape index (κ1) is 21.7. The van der Waals surface area contributed by atoms with Gasteiger partial charge >= 0.3 is 0 Å². The predicted octanol–water partition coefficient (Wildman–Crippen LogP) is 4.90. The van der Waals surface area contributed by atoms with E-state index in [-0.39, 0.29) is 18.1 Å². The Morgan fingerprint density at radius 1 is 1.06 bits per heavy atom. The van der Waals surface area contributed by atoms with Gasteiger partial charge in [-0.3, -0.25) is 4.79 Å². The lowest BCUT2D eigenvalue weighted by Crippen LogP contribution is -2.40. The zero-order valence-electron chi connectivity index (χ0n) is 19.5. The van der Waals surface area contributed by atoms with Gasteiger partial charge in [-0.05, 0) is 74.1 Å². The molecule has 1 saturated carbocycles. The lowest BCUT2D eigenvalue weighted by Gasteiger charge is -2.26. The summed E-state index contributed by atoms with van der Waals surface area (Å²) in [6, 6.07) is 14.6. The van der Waals surface area contributed by atoms with E-state index in [4.69, 9.17) is 19.2 Å². The fourth-order valence-electron chi connectivity index (χ4n) is 4.59. The van der Waals surface area contributed by atoms with Crippen molar-refractivity contribution in [3.05, 3.63) is 53.6 Å². The van der Waals surface area contributed by atoms with Gasteiger partial charge in [-0.25, -0.2) is 4.98 Å². The zero-order valence-corrected chi connectivity index (χ0v) is 19.5. The minimum Gasteiger partial charge on any atom is -0.493 e. The first-order valence-corrected chi connectivity index (χ1v) is 11.6. The first-order chi connectivity index (χ1) is 16.1. The van der Waals surface area contributed by atoms with Crippen LogP contribution in [-0.4, -0.2) is 48.8 Å². The molecule has 1 saturated heterocycles. The summed E-state index contributed by atoms with van der Waals surface area (Å²) in [7, 11) is 3.26. The molecule has 0 spiro atoms. The minimum absolute atomic E-state index is 0.109. The highest BCUT2D eigenvalue weighted by Crippen LogP contribution is 2.36. The molecule has 6 heteroatoms. The molecule has 2 aliphatic rings. The standard InChI is InChI=1S/C27H30N2O4/c1-17-6-7-18-14-20(16-29(21-9-10-21)27(30)24-5-4-12-33-24)26(28-22(18)13-17)19-8-11-23(31-2)25(15-19)32-3/h6-8,11,13-15,21,24H,4-5,9-10,12,16H2,1-3H3. The molecule has 1 atom stereocenters. The van der Waals surface area contributed by atoms with Gasteiger partial charge in [0.2, 0.25) is 0 Å². The van der Waals surface area contributed by atoms with E-state index in [2.05, 4.69) is 31.2 Å². The van der Waals surface area contributed by atoms with E-state index in [1.807, 2.05) is 23.1 Å². The number of nitrogens with zero attached hydrogens (tertiary/aromatic N) is 2. The summed E-state index contributed by atoms with van der Waals surface area (Å²) in [6.07, 6.45) is 3.53. The Morgan fingerprint density at radius 3 is 2.58 bits per heavy atom. The fraction of sp³-hybridized carbons (Fsp3) is 0.407. The number of methoxy groups -OCH3 is 2. The Bertz CT molecular complexity index is 1180. The van der Waals surface area contributed by atoms with Crippen molar-refractivity contribution < 1.29 is 19.0 Å². The van der Waals surface area contributed by atoms with Crippen LogP contribution in [0.3, 0.4) is 0 Å². The van der Waals surface area contributed by atoms with Crippen molar-refractivity contribution in [2.24, 2.45) is 0 Å². The smallest absolute Gasteiger partial charge is 0.252 e. The third-order valence-corrected chi connectivity index (χ3v) is 6.53. The van der Waals surface area contributed by atoms with Crippen LogP contribution < -0.4 is 9.47 Å². The lowest BCUT2D eigenvalue weighted by molar-refractivity contribution is -0.142. The second-order valence-corrected chi connectivity index (χ2v) is 8.96. The monoisotopic (exact) mass is 446 g/mol. The third-order valence-electron chi connectivity index (χ3n) is 6.53. The Morgan fingerprint density at radius 2 is 1.88 bits per heavy atom. The molecule has 2 aromatic carbocycles. The molecular formula is C27H30N2O4. The molecule has 33 heavy (non-hydrogen) atoms. The number of ether oxygens (including phenoxy) is 3. The van der Waals surface area contributed by atoms with Gasteiger partial charge in [-0.1, -0.05) is 12.1 Å². The van der Waals surface area contributed by atoms with E-state index in [1.165, 1.54) is 0 Å². The van der Waals surface area contributed by atoms with Gasteiger partial charge in [0.1, 0.15) is 6.10 Å². The number of hydrogen-bond acceptors (Lipinski definition) is 5. The van der Waals surface area contributed by atoms with E-state index in [0.717, 1.165) is 59.0 Å². The van der Waals surface area contributed by atoms with Crippen molar-refractivity contribution in [1.82, 2.24) is 9.88 Å². The molecule has 172 valence electrons. The molecule has 0 bridgehead atoms. The molecule has 1 unspecified atom stereocenters. The lowest BCUT2D eigenvalue weighted by atomic mass is 10.0. The maximum Gasteiger partial charge on any atom is 0.252 e. The van der Waals surface area contributed by atoms with Gasteiger partial charge < -0.3 is 19.1 Å². The van der Waals surface area contributed by atoms with E-state index in [0.29, 0.717) is 24.7 Å². The maximum absolute atomic E-state index is 13.3. The number of hydrogen-bond donors (Lipinski definition) is 0. The number of rotatable bonds is 7. The van der Waals surface area contributed by atoms with Crippen LogP contribution in [0.5, 0.6) is 11.5 Å². The molecule has 1 aliphatic heterocycles. The molecule has 3 aromatic rings. The second-order valence-electron chi connectivity index (χ2n) is 8.96. The number of carbonyl (C=O) groups excluding carboxylic acids is 1. The van der Waals surface area contributed by atoms with Crippen molar-refractivity contribution in [2.75, 3.05) is 20.8 Å². The summed E-state index contributed by atoms with van der Waals surface area (Å²) in [5.41, 5.74) is 4.92. The van der Waals surface area contributed by atoms with Gasteiger partial charge in [0.15, 0.2) is 11.5 Å². The highest BCUT2D eigenvalue weighted by molar-refractivity contribution is 5.85. The Hall–Kier alpha value is -3.12. The van der Waals surface area contributed by atoms with Gasteiger partial charge in [-0.2, -0.15) is 0 Å². The van der Waals surface area contributed by atoms with Crippen LogP contribution in [0.4, 0.5) is 0 Å². The molecule has 1 aliphatic carbocycles. The van der Waals surface area contributed by atoms with Crippen LogP contribution in [-0.2, 0) is 16.1 Å². The number of carbonyl (C=O) groups is 1. The number of pyridine rings is 1. The van der Waals surface area contributed by atoms with Gasteiger partial charge in [0.05, 0.1) is 25.4 Å². The van der Waals surface area contributed by atoms with Crippen molar-refractivity contribution in [3.8, 4) is 22.8 Å². The number of aromatic nitrogens is 1. The van der Waals surface area contributed by atoms with Crippen molar-refractivity contribution >= 4 is 16.8 Å². The predicted molar refractivity (Wildman–Crippen MR) is 128 cm³/mol. The number of aryl methyl sites for hydroxylation is 1. The largest absolute Gasteiger partial charge is 0.493 e. The SMILES string of the molecule is COc1ccc(-c2nc3cc(C)ccc3cc2CN(C(=O)C2CCCO2)C2CC2)cc1OC. The Labute approximate surface area is 194 Å². The highest BCUT2D eigenvalue weighted by Gasteiger charge is 2.37. The second kappa shape index (κ2) is 9.02. The van der Waals surface area contributed by atoms with Crippen molar-refractivity contribution in [1.29, 1.82) is 0 Å². The average Bonchev–Trinajstić information content (AvgIpc) is 3.53. The van der Waals surface area contributed by atoms with E-state index in [9.17, 15) is 4.79 Å². The molecule has 2 heterocycles. The molecule has 5 rings (SSSR count). The van der Waals surface area contributed by atoms with Gasteiger partial charge in [0.25, 0.3) is 5.91 Å². The van der Waals surface area contributed by atoms with E-state index in [1.54, 1.807) is 14.2 Å².